The summed E-state index contributed by atoms with van der Waals surface area (Å²) in [5.41, 5.74) is 0.824. The van der Waals surface area contributed by atoms with E-state index in [2.05, 4.69) is 5.32 Å². The van der Waals surface area contributed by atoms with Crippen LogP contribution in [-0.4, -0.2) is 18.1 Å². The summed E-state index contributed by atoms with van der Waals surface area (Å²) in [6.07, 6.45) is 0. The average Bonchev–Trinajstić information content (AvgIpc) is 2.38. The number of rotatable bonds is 3. The number of phenolic OH excluding ortho intramolecular Hbond substituents is 1. The van der Waals surface area contributed by atoms with E-state index in [1.807, 2.05) is 0 Å². The van der Waals surface area contributed by atoms with E-state index in [0.717, 1.165) is 0 Å². The van der Waals surface area contributed by atoms with Gasteiger partial charge in [0, 0.05) is 16.8 Å². The van der Waals surface area contributed by atoms with Gasteiger partial charge in [0.25, 0.3) is 5.91 Å². The second kappa shape index (κ2) is 5.63. The largest absolute Gasteiger partial charge is 0.508 e. The molecule has 0 fully saturated rings. The van der Waals surface area contributed by atoms with Gasteiger partial charge in [0.1, 0.15) is 11.5 Å². The first kappa shape index (κ1) is 13.2. The van der Waals surface area contributed by atoms with Crippen LogP contribution in [0.4, 0.5) is 5.69 Å². The highest BCUT2D eigenvalue weighted by Crippen LogP contribution is 2.24. The molecule has 0 spiro atoms. The van der Waals surface area contributed by atoms with E-state index in [0.29, 0.717) is 22.0 Å². The van der Waals surface area contributed by atoms with Gasteiger partial charge >= 0.3 is 0 Å². The monoisotopic (exact) mass is 277 g/mol. The molecule has 0 bridgehead atoms. The van der Waals surface area contributed by atoms with Crippen LogP contribution >= 0.6 is 11.6 Å². The maximum Gasteiger partial charge on any atom is 0.259 e. The first-order valence-corrected chi connectivity index (χ1v) is 5.92. The summed E-state index contributed by atoms with van der Waals surface area (Å²) in [6.45, 7) is 0. The molecular formula is C14H12ClNO3. The topological polar surface area (TPSA) is 58.6 Å². The third kappa shape index (κ3) is 3.17. The van der Waals surface area contributed by atoms with E-state index in [1.165, 1.54) is 25.3 Å². The van der Waals surface area contributed by atoms with Crippen molar-refractivity contribution in [3.63, 3.8) is 0 Å². The van der Waals surface area contributed by atoms with Crippen LogP contribution in [0.2, 0.25) is 5.02 Å². The molecule has 0 aliphatic heterocycles. The van der Waals surface area contributed by atoms with E-state index in [4.69, 9.17) is 16.3 Å². The molecule has 0 saturated carbocycles. The molecule has 0 heterocycles. The standard InChI is InChI=1S/C14H12ClNO3/c1-19-13-6-5-9(15)7-12(13)14(18)16-10-3-2-4-11(17)8-10/h2-8,17H,1H3,(H,16,18). The zero-order valence-corrected chi connectivity index (χ0v) is 10.9. The fourth-order valence-corrected chi connectivity index (χ4v) is 1.81. The lowest BCUT2D eigenvalue weighted by molar-refractivity contribution is 0.102. The number of hydrogen-bond acceptors (Lipinski definition) is 3. The number of aromatic hydroxyl groups is 1. The van der Waals surface area contributed by atoms with Gasteiger partial charge in [0.05, 0.1) is 12.7 Å². The number of carbonyl (C=O) groups excluding carboxylic acids is 1. The van der Waals surface area contributed by atoms with Crippen molar-refractivity contribution in [1.82, 2.24) is 0 Å². The zero-order chi connectivity index (χ0) is 13.8. The minimum Gasteiger partial charge on any atom is -0.508 e. The molecule has 0 aromatic heterocycles. The van der Waals surface area contributed by atoms with E-state index in [-0.39, 0.29) is 11.7 Å². The Morgan fingerprint density at radius 1 is 1.26 bits per heavy atom. The lowest BCUT2D eigenvalue weighted by Crippen LogP contribution is -2.13. The highest BCUT2D eigenvalue weighted by molar-refractivity contribution is 6.31. The van der Waals surface area contributed by atoms with E-state index in [1.54, 1.807) is 24.3 Å². The van der Waals surface area contributed by atoms with E-state index < -0.39 is 0 Å². The molecule has 98 valence electrons. The molecule has 4 nitrogen and oxygen atoms in total. The van der Waals surface area contributed by atoms with E-state index >= 15 is 0 Å². The molecule has 1 amide bonds. The van der Waals surface area contributed by atoms with Gasteiger partial charge < -0.3 is 15.2 Å². The van der Waals surface area contributed by atoms with Gasteiger partial charge in [-0.25, -0.2) is 0 Å². The number of methoxy groups -OCH3 is 1. The second-order valence-corrected chi connectivity index (χ2v) is 4.29. The van der Waals surface area contributed by atoms with Crippen molar-refractivity contribution in [2.45, 2.75) is 0 Å². The van der Waals surface area contributed by atoms with Crippen molar-refractivity contribution >= 4 is 23.2 Å². The van der Waals surface area contributed by atoms with Gasteiger partial charge in [-0.1, -0.05) is 17.7 Å². The molecule has 19 heavy (non-hydrogen) atoms. The van der Waals surface area contributed by atoms with Crippen LogP contribution in [0.1, 0.15) is 10.4 Å². The van der Waals surface area contributed by atoms with Crippen molar-refractivity contribution in [3.8, 4) is 11.5 Å². The summed E-state index contributed by atoms with van der Waals surface area (Å²) in [4.78, 5) is 12.1. The molecule has 2 N–H and O–H groups in total. The predicted molar refractivity (Wildman–Crippen MR) is 74.1 cm³/mol. The number of anilines is 1. The summed E-state index contributed by atoms with van der Waals surface area (Å²) in [7, 11) is 1.48. The van der Waals surface area contributed by atoms with Crippen LogP contribution in [-0.2, 0) is 0 Å². The summed E-state index contributed by atoms with van der Waals surface area (Å²) in [6, 6.07) is 11.1. The predicted octanol–water partition coefficient (Wildman–Crippen LogP) is 3.31. The Morgan fingerprint density at radius 2 is 2.05 bits per heavy atom. The highest BCUT2D eigenvalue weighted by Gasteiger charge is 2.13. The smallest absolute Gasteiger partial charge is 0.259 e. The number of ether oxygens (including phenoxy) is 1. The molecule has 5 heteroatoms. The van der Waals surface area contributed by atoms with Crippen molar-refractivity contribution in [2.24, 2.45) is 0 Å². The third-order valence-corrected chi connectivity index (χ3v) is 2.75. The normalized spacial score (nSPS) is 10.0. The highest BCUT2D eigenvalue weighted by atomic mass is 35.5. The van der Waals surface area contributed by atoms with Gasteiger partial charge in [-0.15, -0.1) is 0 Å². The van der Waals surface area contributed by atoms with Crippen LogP contribution in [0.15, 0.2) is 42.5 Å². The number of benzene rings is 2. The summed E-state index contributed by atoms with van der Waals surface area (Å²) < 4.78 is 5.11. The molecule has 2 aromatic carbocycles. The third-order valence-electron chi connectivity index (χ3n) is 2.51. The van der Waals surface area contributed by atoms with Crippen LogP contribution in [0.5, 0.6) is 11.5 Å². The van der Waals surface area contributed by atoms with Crippen molar-refractivity contribution in [1.29, 1.82) is 0 Å². The molecule has 0 aliphatic carbocycles. The van der Waals surface area contributed by atoms with Gasteiger partial charge in [-0.3, -0.25) is 4.79 Å². The zero-order valence-electron chi connectivity index (χ0n) is 10.2. The molecule has 0 aliphatic rings. The van der Waals surface area contributed by atoms with Gasteiger partial charge in [0.2, 0.25) is 0 Å². The summed E-state index contributed by atoms with van der Waals surface area (Å²) in [5.74, 6) is 0.155. The molecule has 0 radical (unpaired) electrons. The van der Waals surface area contributed by atoms with Crippen molar-refractivity contribution < 1.29 is 14.6 Å². The minimum atomic E-state index is -0.357. The summed E-state index contributed by atoms with van der Waals surface area (Å²) >= 11 is 5.87. The SMILES string of the molecule is COc1ccc(Cl)cc1C(=O)Nc1cccc(O)c1. The summed E-state index contributed by atoms with van der Waals surface area (Å²) in [5, 5.41) is 12.5. The fraction of sp³-hybridized carbons (Fsp3) is 0.0714. The fourth-order valence-electron chi connectivity index (χ4n) is 1.64. The van der Waals surface area contributed by atoms with Crippen LogP contribution in [0, 0.1) is 0 Å². The number of amides is 1. The Hall–Kier alpha value is -2.20. The molecular weight excluding hydrogens is 266 g/mol. The minimum absolute atomic E-state index is 0.0795. The van der Waals surface area contributed by atoms with Crippen LogP contribution in [0.25, 0.3) is 0 Å². The van der Waals surface area contributed by atoms with Crippen LogP contribution < -0.4 is 10.1 Å². The number of carbonyl (C=O) groups is 1. The quantitative estimate of drug-likeness (QED) is 0.905. The number of nitrogens with one attached hydrogen (secondary N) is 1. The Bertz CT molecular complexity index is 613. The lowest BCUT2D eigenvalue weighted by atomic mass is 10.2. The maximum atomic E-state index is 12.1. The van der Waals surface area contributed by atoms with Crippen molar-refractivity contribution in [2.75, 3.05) is 12.4 Å². The Kier molecular flexibility index (Phi) is 3.92. The number of halogens is 1. The van der Waals surface area contributed by atoms with Gasteiger partial charge in [0.15, 0.2) is 0 Å². The maximum absolute atomic E-state index is 12.1. The Labute approximate surface area is 115 Å². The van der Waals surface area contributed by atoms with Crippen molar-refractivity contribution in [3.05, 3.63) is 53.1 Å². The number of hydrogen-bond donors (Lipinski definition) is 2. The van der Waals surface area contributed by atoms with Crippen LogP contribution in [0.3, 0.4) is 0 Å². The average molecular weight is 278 g/mol. The Balaban J connectivity index is 2.27. The molecule has 0 atom stereocenters. The Morgan fingerprint density at radius 3 is 2.74 bits per heavy atom. The molecule has 0 saturated heterocycles. The molecule has 2 aromatic rings. The van der Waals surface area contributed by atoms with Gasteiger partial charge in [-0.05, 0) is 30.3 Å². The van der Waals surface area contributed by atoms with E-state index in [9.17, 15) is 9.90 Å². The molecule has 2 rings (SSSR count). The first-order chi connectivity index (χ1) is 9.10. The second-order valence-electron chi connectivity index (χ2n) is 3.85. The lowest BCUT2D eigenvalue weighted by Gasteiger charge is -2.09. The number of phenols is 1. The first-order valence-electron chi connectivity index (χ1n) is 5.54. The van der Waals surface area contributed by atoms with Gasteiger partial charge in [-0.2, -0.15) is 0 Å². The molecule has 0 unspecified atom stereocenters.